The molecule has 6 heteroatoms. The molecule has 2 aromatic rings. The van der Waals surface area contributed by atoms with Gasteiger partial charge in [0, 0.05) is 26.2 Å². The molecule has 5 nitrogen and oxygen atoms in total. The predicted octanol–water partition coefficient (Wildman–Crippen LogP) is 3.27. The third-order valence-corrected chi connectivity index (χ3v) is 4.64. The Morgan fingerprint density at radius 1 is 1.36 bits per heavy atom. The Balaban J connectivity index is 1.68. The van der Waals surface area contributed by atoms with Crippen molar-refractivity contribution in [2.24, 2.45) is 0 Å². The number of carbonyl (C=O) groups is 1. The Bertz CT molecular complexity index is 737. The molecular weight excluding hydrogens is 338 g/mol. The Morgan fingerprint density at radius 2 is 2.16 bits per heavy atom. The summed E-state index contributed by atoms with van der Waals surface area (Å²) >= 11 is 6.50. The zero-order chi connectivity index (χ0) is 17.6. The number of benzene rings is 1. The number of rotatable bonds is 6. The molecule has 0 fully saturated rings. The molecule has 1 N–H and O–H groups in total. The molecule has 2 heterocycles. The quantitative estimate of drug-likeness (QED) is 0.860. The van der Waals surface area contributed by atoms with Gasteiger partial charge in [0.05, 0.1) is 22.6 Å². The van der Waals surface area contributed by atoms with Crippen LogP contribution in [0.4, 0.5) is 5.69 Å². The van der Waals surface area contributed by atoms with Gasteiger partial charge in [-0.25, -0.2) is 0 Å². The first kappa shape index (κ1) is 17.9. The Morgan fingerprint density at radius 3 is 2.92 bits per heavy atom. The smallest absolute Gasteiger partial charge is 0.250 e. The summed E-state index contributed by atoms with van der Waals surface area (Å²) in [5.74, 6) is -0.216. The fourth-order valence-electron chi connectivity index (χ4n) is 2.96. The fraction of sp³-hybridized carbons (Fsp3) is 0.368. The molecule has 0 spiro atoms. The highest BCUT2D eigenvalue weighted by atomic mass is 35.5. The van der Waals surface area contributed by atoms with Gasteiger partial charge in [-0.15, -0.1) is 0 Å². The molecule has 132 valence electrons. The van der Waals surface area contributed by atoms with Crippen LogP contribution in [0, 0.1) is 0 Å². The Kier molecular flexibility index (Phi) is 6.02. The molecule has 3 rings (SSSR count). The van der Waals surface area contributed by atoms with E-state index in [1.807, 2.05) is 13.0 Å². The third kappa shape index (κ3) is 4.57. The van der Waals surface area contributed by atoms with Crippen LogP contribution in [0.25, 0.3) is 0 Å². The van der Waals surface area contributed by atoms with E-state index in [4.69, 9.17) is 16.3 Å². The van der Waals surface area contributed by atoms with Crippen molar-refractivity contribution < 1.29 is 9.53 Å². The highest BCUT2D eigenvalue weighted by Gasteiger charge is 2.22. The highest BCUT2D eigenvalue weighted by molar-refractivity contribution is 6.34. The molecule has 0 saturated carbocycles. The number of hydrogen-bond acceptors (Lipinski definition) is 4. The minimum Gasteiger partial charge on any atom is -0.372 e. The average molecular weight is 360 g/mol. The van der Waals surface area contributed by atoms with Crippen LogP contribution in [-0.4, -0.2) is 35.5 Å². The number of anilines is 1. The Labute approximate surface area is 153 Å². The number of halogens is 1. The van der Waals surface area contributed by atoms with Crippen molar-refractivity contribution in [2.75, 3.05) is 25.1 Å². The summed E-state index contributed by atoms with van der Waals surface area (Å²) in [7, 11) is 0. The van der Waals surface area contributed by atoms with Gasteiger partial charge in [-0.05, 0) is 24.5 Å². The van der Waals surface area contributed by atoms with E-state index in [2.05, 4.69) is 39.5 Å². The second-order valence-electron chi connectivity index (χ2n) is 6.04. The lowest BCUT2D eigenvalue weighted by molar-refractivity contribution is -0.120. The number of carbonyl (C=O) groups excluding carboxylic acids is 1. The summed E-state index contributed by atoms with van der Waals surface area (Å²) in [6.45, 7) is 4.95. The van der Waals surface area contributed by atoms with Crippen LogP contribution in [0.5, 0.6) is 0 Å². The van der Waals surface area contributed by atoms with Crippen molar-refractivity contribution in [1.82, 2.24) is 9.88 Å². The minimum absolute atomic E-state index is 0.0226. The van der Waals surface area contributed by atoms with E-state index < -0.39 is 0 Å². The van der Waals surface area contributed by atoms with Crippen LogP contribution < -0.4 is 5.32 Å². The lowest BCUT2D eigenvalue weighted by atomic mass is 10.0. The summed E-state index contributed by atoms with van der Waals surface area (Å²) < 4.78 is 5.11. The van der Waals surface area contributed by atoms with Crippen LogP contribution in [0.15, 0.2) is 36.5 Å². The lowest BCUT2D eigenvalue weighted by Gasteiger charge is -2.29. The molecule has 0 aliphatic carbocycles. The number of amides is 1. The van der Waals surface area contributed by atoms with Gasteiger partial charge < -0.3 is 10.1 Å². The molecule has 1 aliphatic rings. The first-order valence-corrected chi connectivity index (χ1v) is 8.85. The fourth-order valence-corrected chi connectivity index (χ4v) is 3.26. The standard InChI is InChI=1S/C19H22ClN3O2/c1-2-25-13-18(24)22-16-10-21-17-12-23(9-8-15(17)19(16)20)11-14-6-4-3-5-7-14/h3-7,10H,2,8-9,11-13H2,1H3,(H,22,24). The SMILES string of the molecule is CCOCC(=O)Nc1cnc2c(c1Cl)CCN(Cc1ccccc1)C2. The number of fused-ring (bicyclic) bond motifs is 1. The summed E-state index contributed by atoms with van der Waals surface area (Å²) in [5, 5.41) is 3.37. The first-order valence-electron chi connectivity index (χ1n) is 8.47. The molecule has 1 aromatic heterocycles. The van der Waals surface area contributed by atoms with Crippen molar-refractivity contribution >= 4 is 23.2 Å². The zero-order valence-electron chi connectivity index (χ0n) is 14.3. The molecule has 1 amide bonds. The van der Waals surface area contributed by atoms with Crippen LogP contribution in [-0.2, 0) is 29.0 Å². The molecular formula is C19H22ClN3O2. The van der Waals surface area contributed by atoms with Gasteiger partial charge in [0.1, 0.15) is 6.61 Å². The van der Waals surface area contributed by atoms with E-state index in [1.54, 1.807) is 6.20 Å². The molecule has 0 unspecified atom stereocenters. The second kappa shape index (κ2) is 8.43. The van der Waals surface area contributed by atoms with Crippen LogP contribution in [0.2, 0.25) is 5.02 Å². The summed E-state index contributed by atoms with van der Waals surface area (Å²) in [4.78, 5) is 18.7. The van der Waals surface area contributed by atoms with E-state index in [-0.39, 0.29) is 12.5 Å². The molecule has 1 aromatic carbocycles. The highest BCUT2D eigenvalue weighted by Crippen LogP contribution is 2.31. The van der Waals surface area contributed by atoms with Gasteiger partial charge in [0.15, 0.2) is 0 Å². The maximum absolute atomic E-state index is 11.8. The monoisotopic (exact) mass is 359 g/mol. The van der Waals surface area contributed by atoms with Crippen LogP contribution in [0.1, 0.15) is 23.7 Å². The number of ether oxygens (including phenoxy) is 1. The maximum Gasteiger partial charge on any atom is 0.250 e. The lowest BCUT2D eigenvalue weighted by Crippen LogP contribution is -2.31. The maximum atomic E-state index is 11.8. The molecule has 0 radical (unpaired) electrons. The average Bonchev–Trinajstić information content (AvgIpc) is 2.63. The van der Waals surface area contributed by atoms with Crippen molar-refractivity contribution in [3.05, 3.63) is 58.4 Å². The van der Waals surface area contributed by atoms with Gasteiger partial charge in [-0.2, -0.15) is 0 Å². The van der Waals surface area contributed by atoms with Crippen molar-refractivity contribution in [3.8, 4) is 0 Å². The van der Waals surface area contributed by atoms with E-state index in [1.165, 1.54) is 5.56 Å². The molecule has 25 heavy (non-hydrogen) atoms. The van der Waals surface area contributed by atoms with Gasteiger partial charge in [0.25, 0.3) is 0 Å². The van der Waals surface area contributed by atoms with Crippen molar-refractivity contribution in [2.45, 2.75) is 26.4 Å². The number of aromatic nitrogens is 1. The molecule has 0 saturated heterocycles. The number of hydrogen-bond donors (Lipinski definition) is 1. The van der Waals surface area contributed by atoms with Gasteiger partial charge in [0.2, 0.25) is 5.91 Å². The normalized spacial score (nSPS) is 14.2. The summed E-state index contributed by atoms with van der Waals surface area (Å²) in [5.41, 5.74) is 3.86. The van der Waals surface area contributed by atoms with Crippen LogP contribution >= 0.6 is 11.6 Å². The second-order valence-corrected chi connectivity index (χ2v) is 6.42. The van der Waals surface area contributed by atoms with E-state index in [0.717, 1.165) is 37.3 Å². The summed E-state index contributed by atoms with van der Waals surface area (Å²) in [6.07, 6.45) is 2.46. The van der Waals surface area contributed by atoms with Crippen molar-refractivity contribution in [1.29, 1.82) is 0 Å². The minimum atomic E-state index is -0.216. The van der Waals surface area contributed by atoms with Gasteiger partial charge in [-0.1, -0.05) is 41.9 Å². The number of pyridine rings is 1. The third-order valence-electron chi connectivity index (χ3n) is 4.21. The number of nitrogens with zero attached hydrogens (tertiary/aromatic N) is 2. The van der Waals surface area contributed by atoms with E-state index in [0.29, 0.717) is 17.3 Å². The first-order chi connectivity index (χ1) is 12.2. The topological polar surface area (TPSA) is 54.5 Å². The predicted molar refractivity (Wildman–Crippen MR) is 98.6 cm³/mol. The van der Waals surface area contributed by atoms with Crippen molar-refractivity contribution in [3.63, 3.8) is 0 Å². The number of nitrogens with one attached hydrogen (secondary N) is 1. The van der Waals surface area contributed by atoms with E-state index in [9.17, 15) is 4.79 Å². The molecule has 0 bridgehead atoms. The summed E-state index contributed by atoms with van der Waals surface area (Å²) in [6, 6.07) is 10.4. The molecule has 1 aliphatic heterocycles. The zero-order valence-corrected chi connectivity index (χ0v) is 15.1. The van der Waals surface area contributed by atoms with Crippen LogP contribution in [0.3, 0.4) is 0 Å². The Hall–Kier alpha value is -1.95. The molecule has 0 atom stereocenters. The van der Waals surface area contributed by atoms with Gasteiger partial charge in [-0.3, -0.25) is 14.7 Å². The largest absolute Gasteiger partial charge is 0.372 e. The van der Waals surface area contributed by atoms with Gasteiger partial charge >= 0.3 is 0 Å². The van der Waals surface area contributed by atoms with E-state index >= 15 is 0 Å².